The molecule has 0 fully saturated rings. The quantitative estimate of drug-likeness (QED) is 0.491. The summed E-state index contributed by atoms with van der Waals surface area (Å²) in [6.07, 6.45) is 7.09. The maximum Gasteiger partial charge on any atom is 0.234 e. The van der Waals surface area contributed by atoms with E-state index in [2.05, 4.69) is 26.0 Å². The molecule has 0 aliphatic carbocycles. The van der Waals surface area contributed by atoms with E-state index in [1.54, 1.807) is 12.5 Å². The summed E-state index contributed by atoms with van der Waals surface area (Å²) in [7, 11) is 0. The molecule has 124 valence electrons. The van der Waals surface area contributed by atoms with E-state index in [9.17, 15) is 0 Å². The molecule has 0 saturated heterocycles. The Balaban J connectivity index is 1.83. The van der Waals surface area contributed by atoms with Crippen molar-refractivity contribution in [2.75, 3.05) is 0 Å². The molecular formula is C20H14N6. The van der Waals surface area contributed by atoms with Gasteiger partial charge in [0.2, 0.25) is 5.78 Å². The highest BCUT2D eigenvalue weighted by Gasteiger charge is 2.18. The Labute approximate surface area is 149 Å². The molecule has 0 spiro atoms. The summed E-state index contributed by atoms with van der Waals surface area (Å²) in [5, 5.41) is 0.979. The zero-order chi connectivity index (χ0) is 17.5. The molecule has 0 radical (unpaired) electrons. The second-order valence-electron chi connectivity index (χ2n) is 6.06. The van der Waals surface area contributed by atoms with E-state index in [1.165, 1.54) is 0 Å². The van der Waals surface area contributed by atoms with Crippen molar-refractivity contribution in [3.05, 3.63) is 73.1 Å². The summed E-state index contributed by atoms with van der Waals surface area (Å²) < 4.78 is 1.99. The lowest BCUT2D eigenvalue weighted by molar-refractivity contribution is 1.11. The van der Waals surface area contributed by atoms with E-state index < -0.39 is 0 Å². The smallest absolute Gasteiger partial charge is 0.234 e. The fourth-order valence-electron chi connectivity index (χ4n) is 3.15. The highest BCUT2D eigenvalue weighted by molar-refractivity contribution is 5.87. The SMILES string of the molecule is Cc1cccc(-c2nc3ncccn3c2-c2ccc3ncncc3c2)n1. The molecule has 0 saturated carbocycles. The topological polar surface area (TPSA) is 68.9 Å². The van der Waals surface area contributed by atoms with Gasteiger partial charge in [0.1, 0.15) is 12.0 Å². The Morgan fingerprint density at radius 3 is 2.85 bits per heavy atom. The number of benzene rings is 1. The Bertz CT molecular complexity index is 1260. The van der Waals surface area contributed by atoms with Gasteiger partial charge in [-0.15, -0.1) is 0 Å². The highest BCUT2D eigenvalue weighted by Crippen LogP contribution is 2.32. The first kappa shape index (κ1) is 14.7. The minimum absolute atomic E-state index is 0.644. The number of rotatable bonds is 2. The van der Waals surface area contributed by atoms with Crippen LogP contribution in [0.3, 0.4) is 0 Å². The van der Waals surface area contributed by atoms with Gasteiger partial charge in [0, 0.05) is 35.2 Å². The third-order valence-corrected chi connectivity index (χ3v) is 4.31. The van der Waals surface area contributed by atoms with Crippen molar-refractivity contribution in [2.45, 2.75) is 6.92 Å². The Kier molecular flexibility index (Phi) is 3.21. The number of aromatic nitrogens is 6. The molecule has 1 aromatic carbocycles. The summed E-state index contributed by atoms with van der Waals surface area (Å²) in [4.78, 5) is 22.2. The van der Waals surface area contributed by atoms with Gasteiger partial charge in [-0.1, -0.05) is 12.1 Å². The van der Waals surface area contributed by atoms with Gasteiger partial charge in [-0.25, -0.2) is 19.9 Å². The van der Waals surface area contributed by atoms with E-state index >= 15 is 0 Å². The van der Waals surface area contributed by atoms with Crippen LogP contribution in [-0.2, 0) is 0 Å². The van der Waals surface area contributed by atoms with Crippen molar-refractivity contribution in [3.63, 3.8) is 0 Å². The molecule has 5 aromatic rings. The predicted octanol–water partition coefficient (Wildman–Crippen LogP) is 3.71. The van der Waals surface area contributed by atoms with Crippen LogP contribution in [0.4, 0.5) is 0 Å². The van der Waals surface area contributed by atoms with Gasteiger partial charge < -0.3 is 0 Å². The van der Waals surface area contributed by atoms with Crippen LogP contribution >= 0.6 is 0 Å². The van der Waals surface area contributed by atoms with Crippen LogP contribution in [0.1, 0.15) is 5.69 Å². The Morgan fingerprint density at radius 2 is 1.92 bits per heavy atom. The summed E-state index contributed by atoms with van der Waals surface area (Å²) in [5.41, 5.74) is 5.47. The normalized spacial score (nSPS) is 11.3. The van der Waals surface area contributed by atoms with Gasteiger partial charge in [0.05, 0.1) is 16.9 Å². The number of fused-ring (bicyclic) bond motifs is 2. The molecule has 0 atom stereocenters. The average Bonchev–Trinajstić information content (AvgIpc) is 3.07. The van der Waals surface area contributed by atoms with E-state index in [-0.39, 0.29) is 0 Å². The first-order valence-corrected chi connectivity index (χ1v) is 8.27. The number of hydrogen-bond donors (Lipinski definition) is 0. The molecule has 4 aromatic heterocycles. The predicted molar refractivity (Wildman–Crippen MR) is 99.5 cm³/mol. The molecule has 0 bridgehead atoms. The third-order valence-electron chi connectivity index (χ3n) is 4.31. The molecule has 0 aliphatic heterocycles. The van der Waals surface area contributed by atoms with Gasteiger partial charge in [-0.05, 0) is 37.3 Å². The molecule has 5 rings (SSSR count). The van der Waals surface area contributed by atoms with Crippen LogP contribution in [0, 0.1) is 6.92 Å². The van der Waals surface area contributed by atoms with Crippen LogP contribution in [0.25, 0.3) is 39.3 Å². The van der Waals surface area contributed by atoms with E-state index in [0.717, 1.165) is 39.2 Å². The highest BCUT2D eigenvalue weighted by atomic mass is 15.1. The maximum atomic E-state index is 4.74. The summed E-state index contributed by atoms with van der Waals surface area (Å²) in [6.45, 7) is 1.98. The van der Waals surface area contributed by atoms with Crippen molar-refractivity contribution in [3.8, 4) is 22.6 Å². The second-order valence-corrected chi connectivity index (χ2v) is 6.06. The maximum absolute atomic E-state index is 4.74. The van der Waals surface area contributed by atoms with E-state index in [4.69, 9.17) is 4.98 Å². The van der Waals surface area contributed by atoms with Gasteiger partial charge in [-0.2, -0.15) is 0 Å². The molecule has 4 heterocycles. The standard InChI is InChI=1S/C20H14N6/c1-13-4-2-5-17(24-13)18-19(26-9-3-8-22-20(26)25-18)14-6-7-16-15(10-14)11-21-12-23-16/h2-12H,1H3. The van der Waals surface area contributed by atoms with Gasteiger partial charge in [0.25, 0.3) is 0 Å². The lowest BCUT2D eigenvalue weighted by Gasteiger charge is -2.07. The minimum Gasteiger partial charge on any atom is -0.283 e. The van der Waals surface area contributed by atoms with Crippen molar-refractivity contribution in [1.29, 1.82) is 0 Å². The third kappa shape index (κ3) is 2.31. The molecule has 0 N–H and O–H groups in total. The number of nitrogens with zero attached hydrogens (tertiary/aromatic N) is 6. The molecule has 0 aliphatic rings. The van der Waals surface area contributed by atoms with Crippen molar-refractivity contribution in [1.82, 2.24) is 29.3 Å². The van der Waals surface area contributed by atoms with E-state index in [0.29, 0.717) is 5.78 Å². The zero-order valence-electron chi connectivity index (χ0n) is 14.0. The molecule has 0 amide bonds. The minimum atomic E-state index is 0.644. The van der Waals surface area contributed by atoms with Crippen molar-refractivity contribution >= 4 is 16.7 Å². The summed E-state index contributed by atoms with van der Waals surface area (Å²) in [6, 6.07) is 14.0. The van der Waals surface area contributed by atoms with Gasteiger partial charge in [-0.3, -0.25) is 9.38 Å². The molecule has 0 unspecified atom stereocenters. The monoisotopic (exact) mass is 338 g/mol. The van der Waals surface area contributed by atoms with Crippen LogP contribution in [0.5, 0.6) is 0 Å². The second kappa shape index (κ2) is 5.70. The van der Waals surface area contributed by atoms with Crippen molar-refractivity contribution < 1.29 is 0 Å². The zero-order valence-corrected chi connectivity index (χ0v) is 14.0. The average molecular weight is 338 g/mol. The Hall–Kier alpha value is -3.67. The lowest BCUT2D eigenvalue weighted by Crippen LogP contribution is -1.93. The molecule has 26 heavy (non-hydrogen) atoms. The Morgan fingerprint density at radius 1 is 0.962 bits per heavy atom. The van der Waals surface area contributed by atoms with Crippen LogP contribution in [-0.4, -0.2) is 29.3 Å². The summed E-state index contributed by atoms with van der Waals surface area (Å²) in [5.74, 6) is 0.644. The number of hydrogen-bond acceptors (Lipinski definition) is 5. The number of aryl methyl sites for hydroxylation is 1. The van der Waals surface area contributed by atoms with E-state index in [1.807, 2.05) is 60.1 Å². The lowest BCUT2D eigenvalue weighted by atomic mass is 10.1. The first-order chi connectivity index (χ1) is 12.8. The molecular weight excluding hydrogens is 324 g/mol. The van der Waals surface area contributed by atoms with Gasteiger partial charge >= 0.3 is 0 Å². The summed E-state index contributed by atoms with van der Waals surface area (Å²) >= 11 is 0. The van der Waals surface area contributed by atoms with Crippen molar-refractivity contribution in [2.24, 2.45) is 0 Å². The van der Waals surface area contributed by atoms with Crippen LogP contribution < -0.4 is 0 Å². The van der Waals surface area contributed by atoms with Crippen LogP contribution in [0.2, 0.25) is 0 Å². The first-order valence-electron chi connectivity index (χ1n) is 8.27. The largest absolute Gasteiger partial charge is 0.283 e. The number of imidazole rings is 1. The molecule has 6 heteroatoms. The number of pyridine rings is 1. The van der Waals surface area contributed by atoms with Crippen LogP contribution in [0.15, 0.2) is 67.4 Å². The fourth-order valence-corrected chi connectivity index (χ4v) is 3.15. The fraction of sp³-hybridized carbons (Fsp3) is 0.0500. The molecule has 6 nitrogen and oxygen atoms in total. The van der Waals surface area contributed by atoms with Gasteiger partial charge in [0.15, 0.2) is 0 Å².